The number of halogens is 2. The predicted octanol–water partition coefficient (Wildman–Crippen LogP) is 4.95. The van der Waals surface area contributed by atoms with Crippen LogP contribution in [-0.2, 0) is 0 Å². The van der Waals surface area contributed by atoms with E-state index in [1.165, 1.54) is 5.56 Å². The number of benzene rings is 2. The second kappa shape index (κ2) is 6.42. The van der Waals surface area contributed by atoms with Gasteiger partial charge < -0.3 is 5.32 Å². The predicted molar refractivity (Wildman–Crippen MR) is 97.8 cm³/mol. The van der Waals surface area contributed by atoms with E-state index in [2.05, 4.69) is 27.8 Å². The second-order valence-electron chi connectivity index (χ2n) is 5.80. The van der Waals surface area contributed by atoms with Gasteiger partial charge in [0.05, 0.1) is 21.4 Å². The number of hydrogen-bond donors (Lipinski definition) is 1. The summed E-state index contributed by atoms with van der Waals surface area (Å²) in [5, 5.41) is 16.1. The Morgan fingerprint density at radius 3 is 2.42 bits per heavy atom. The molecular formula is C17H17Cl2N5. The molecule has 0 atom stereocenters. The van der Waals surface area contributed by atoms with Gasteiger partial charge in [0.1, 0.15) is 0 Å². The van der Waals surface area contributed by atoms with Crippen molar-refractivity contribution < 1.29 is 0 Å². The Morgan fingerprint density at radius 1 is 0.958 bits per heavy atom. The fourth-order valence-corrected chi connectivity index (χ4v) is 3.01. The first kappa shape index (κ1) is 16.7. The first-order valence-corrected chi connectivity index (χ1v) is 8.22. The minimum Gasteiger partial charge on any atom is -0.320 e. The molecular weight excluding hydrogens is 345 g/mol. The molecule has 5 nitrogen and oxygen atoms in total. The van der Waals surface area contributed by atoms with Crippen molar-refractivity contribution in [2.45, 2.75) is 27.7 Å². The van der Waals surface area contributed by atoms with Crippen LogP contribution >= 0.6 is 23.2 Å². The third kappa shape index (κ3) is 2.97. The molecule has 2 aromatic carbocycles. The molecule has 0 bridgehead atoms. The lowest BCUT2D eigenvalue weighted by molar-refractivity contribution is 0.790. The Labute approximate surface area is 150 Å². The third-order valence-corrected chi connectivity index (χ3v) is 4.93. The van der Waals surface area contributed by atoms with Crippen LogP contribution in [0.2, 0.25) is 10.0 Å². The van der Waals surface area contributed by atoms with Crippen LogP contribution in [0.25, 0.3) is 5.69 Å². The smallest absolute Gasteiger partial charge is 0.252 e. The van der Waals surface area contributed by atoms with Crippen molar-refractivity contribution in [1.29, 1.82) is 0 Å². The molecule has 0 saturated carbocycles. The third-order valence-electron chi connectivity index (χ3n) is 4.16. The largest absolute Gasteiger partial charge is 0.320 e. The van der Waals surface area contributed by atoms with Crippen LogP contribution in [0.4, 0.5) is 11.6 Å². The molecule has 0 aliphatic heterocycles. The molecule has 24 heavy (non-hydrogen) atoms. The highest BCUT2D eigenvalue weighted by molar-refractivity contribution is 6.39. The minimum absolute atomic E-state index is 0.449. The maximum Gasteiger partial charge on any atom is 0.252 e. The lowest BCUT2D eigenvalue weighted by atomic mass is 10.1. The van der Waals surface area contributed by atoms with Gasteiger partial charge in [-0.05, 0) is 78.6 Å². The first-order valence-electron chi connectivity index (χ1n) is 7.46. The number of rotatable bonds is 3. The summed E-state index contributed by atoms with van der Waals surface area (Å²) in [6, 6.07) is 7.90. The maximum absolute atomic E-state index is 6.44. The van der Waals surface area contributed by atoms with Gasteiger partial charge >= 0.3 is 0 Å². The zero-order chi connectivity index (χ0) is 17.4. The van der Waals surface area contributed by atoms with Crippen molar-refractivity contribution in [3.8, 4) is 5.69 Å². The van der Waals surface area contributed by atoms with Gasteiger partial charge in [-0.3, -0.25) is 0 Å². The van der Waals surface area contributed by atoms with Crippen LogP contribution < -0.4 is 5.32 Å². The van der Waals surface area contributed by atoms with Crippen molar-refractivity contribution in [3.05, 3.63) is 56.6 Å². The monoisotopic (exact) mass is 361 g/mol. The van der Waals surface area contributed by atoms with Crippen LogP contribution in [0.1, 0.15) is 22.3 Å². The van der Waals surface area contributed by atoms with E-state index in [4.69, 9.17) is 23.2 Å². The van der Waals surface area contributed by atoms with Gasteiger partial charge in [0.15, 0.2) is 0 Å². The van der Waals surface area contributed by atoms with Gasteiger partial charge in [-0.1, -0.05) is 34.4 Å². The molecule has 124 valence electrons. The Hall–Kier alpha value is -2.11. The molecule has 0 aliphatic rings. The number of nitrogens with zero attached hydrogens (tertiary/aromatic N) is 4. The lowest BCUT2D eigenvalue weighted by Crippen LogP contribution is -2.05. The highest BCUT2D eigenvalue weighted by atomic mass is 35.5. The molecule has 1 heterocycles. The normalized spacial score (nSPS) is 10.9. The molecule has 1 aromatic heterocycles. The Bertz CT molecular complexity index is 918. The zero-order valence-electron chi connectivity index (χ0n) is 13.9. The molecule has 3 rings (SSSR count). The van der Waals surface area contributed by atoms with Gasteiger partial charge in [-0.15, -0.1) is 0 Å². The number of aromatic nitrogens is 4. The van der Waals surface area contributed by atoms with Crippen LogP contribution in [-0.4, -0.2) is 20.2 Å². The highest BCUT2D eigenvalue weighted by Crippen LogP contribution is 2.36. The summed E-state index contributed by atoms with van der Waals surface area (Å²) in [4.78, 5) is 0. The van der Waals surface area contributed by atoms with Gasteiger partial charge in [0, 0.05) is 0 Å². The van der Waals surface area contributed by atoms with Crippen molar-refractivity contribution in [2.24, 2.45) is 0 Å². The van der Waals surface area contributed by atoms with E-state index >= 15 is 0 Å². The molecule has 0 fully saturated rings. The van der Waals surface area contributed by atoms with E-state index in [0.29, 0.717) is 21.7 Å². The Morgan fingerprint density at radius 2 is 1.71 bits per heavy atom. The van der Waals surface area contributed by atoms with E-state index in [1.54, 1.807) is 4.68 Å². The van der Waals surface area contributed by atoms with E-state index in [9.17, 15) is 0 Å². The van der Waals surface area contributed by atoms with Crippen molar-refractivity contribution >= 4 is 34.8 Å². The molecule has 3 aromatic rings. The average molecular weight is 362 g/mol. The lowest BCUT2D eigenvalue weighted by Gasteiger charge is -2.14. The van der Waals surface area contributed by atoms with Gasteiger partial charge in [-0.2, -0.15) is 4.68 Å². The maximum atomic E-state index is 6.44. The van der Waals surface area contributed by atoms with Crippen LogP contribution in [0.3, 0.4) is 0 Å². The van der Waals surface area contributed by atoms with Crippen molar-refractivity contribution in [3.63, 3.8) is 0 Å². The quantitative estimate of drug-likeness (QED) is 0.717. The molecule has 0 saturated heterocycles. The summed E-state index contributed by atoms with van der Waals surface area (Å²) in [5.74, 6) is 0.449. The molecule has 1 N–H and O–H groups in total. The summed E-state index contributed by atoms with van der Waals surface area (Å²) in [6.45, 7) is 8.03. The minimum atomic E-state index is 0.449. The first-order chi connectivity index (χ1) is 11.4. The Kier molecular flexibility index (Phi) is 4.47. The van der Waals surface area contributed by atoms with E-state index in [1.807, 2.05) is 45.0 Å². The summed E-state index contributed by atoms with van der Waals surface area (Å²) in [6.07, 6.45) is 0. The number of tetrazole rings is 1. The molecule has 0 unspecified atom stereocenters. The standard InChI is InChI=1S/C17H17Cl2N5/c1-9-5-6-13(7-10(9)2)24-17(21-22-23-24)20-16-14(18)8-11(3)12(4)15(16)19/h5-8H,1-4H3,(H,20,21,23). The summed E-state index contributed by atoms with van der Waals surface area (Å²) in [7, 11) is 0. The summed E-state index contributed by atoms with van der Waals surface area (Å²) < 4.78 is 1.62. The van der Waals surface area contributed by atoms with Crippen LogP contribution in [0.15, 0.2) is 24.3 Å². The summed E-state index contributed by atoms with van der Waals surface area (Å²) in [5.41, 5.74) is 5.83. The molecule has 7 heteroatoms. The molecule has 0 aliphatic carbocycles. The van der Waals surface area contributed by atoms with E-state index in [-0.39, 0.29) is 0 Å². The number of anilines is 2. The molecule has 0 amide bonds. The number of hydrogen-bond acceptors (Lipinski definition) is 4. The van der Waals surface area contributed by atoms with Gasteiger partial charge in [-0.25, -0.2) is 0 Å². The van der Waals surface area contributed by atoms with Gasteiger partial charge in [0.25, 0.3) is 5.95 Å². The fraction of sp³-hybridized carbons (Fsp3) is 0.235. The topological polar surface area (TPSA) is 55.6 Å². The molecule has 0 radical (unpaired) electrons. The Balaban J connectivity index is 2.03. The summed E-state index contributed by atoms with van der Waals surface area (Å²) >= 11 is 12.8. The highest BCUT2D eigenvalue weighted by Gasteiger charge is 2.15. The number of nitrogens with one attached hydrogen (secondary N) is 1. The van der Waals surface area contributed by atoms with E-state index in [0.717, 1.165) is 22.4 Å². The molecule has 0 spiro atoms. The fourth-order valence-electron chi connectivity index (χ4n) is 2.36. The van der Waals surface area contributed by atoms with Crippen molar-refractivity contribution in [2.75, 3.05) is 5.32 Å². The SMILES string of the molecule is Cc1ccc(-n2nnnc2Nc2c(Cl)cc(C)c(C)c2Cl)cc1C. The van der Waals surface area contributed by atoms with Crippen molar-refractivity contribution in [1.82, 2.24) is 20.2 Å². The number of aryl methyl sites for hydroxylation is 3. The van der Waals surface area contributed by atoms with Gasteiger partial charge in [0.2, 0.25) is 0 Å². The van der Waals surface area contributed by atoms with E-state index < -0.39 is 0 Å². The van der Waals surface area contributed by atoms with Crippen LogP contribution in [0, 0.1) is 27.7 Å². The zero-order valence-corrected chi connectivity index (χ0v) is 15.4. The second-order valence-corrected chi connectivity index (χ2v) is 6.58. The average Bonchev–Trinajstić information content (AvgIpc) is 3.00. The van der Waals surface area contributed by atoms with Crippen LogP contribution in [0.5, 0.6) is 0 Å².